The quantitative estimate of drug-likeness (QED) is 0.345. The van der Waals surface area contributed by atoms with Crippen molar-refractivity contribution in [2.24, 2.45) is 0 Å². The van der Waals surface area contributed by atoms with E-state index >= 15 is 0 Å². The van der Waals surface area contributed by atoms with Gasteiger partial charge in [-0.2, -0.15) is 4.74 Å². The van der Waals surface area contributed by atoms with E-state index in [4.69, 9.17) is 23.2 Å². The van der Waals surface area contributed by atoms with Crippen LogP contribution in [0.2, 0.25) is 10.0 Å². The second-order valence-corrected chi connectivity index (χ2v) is 4.22. The maximum Gasteiger partial charge on any atom is 0.216 e. The standard InChI is InChI=1S/C13H9Cl2NO/c14-12-8-4-5-10(13(12)15)9-16(17)11-6-2-1-3-7-11/h1-9H/b16-9-. The van der Waals surface area contributed by atoms with Crippen molar-refractivity contribution in [3.63, 3.8) is 0 Å². The first-order valence-electron chi connectivity index (χ1n) is 4.99. The molecule has 4 heteroatoms. The summed E-state index contributed by atoms with van der Waals surface area (Å²) < 4.78 is 0.761. The van der Waals surface area contributed by atoms with Gasteiger partial charge in [0.1, 0.15) is 0 Å². The SMILES string of the molecule is [O-]/[N+](=C\c1cccc(Cl)c1Cl)c1ccccc1. The smallest absolute Gasteiger partial charge is 0.216 e. The predicted molar refractivity (Wildman–Crippen MR) is 71.4 cm³/mol. The molecule has 0 radical (unpaired) electrons. The fraction of sp³-hybridized carbons (Fsp3) is 0. The molecule has 0 atom stereocenters. The Hall–Kier alpha value is -1.51. The molecular weight excluding hydrogens is 257 g/mol. The molecule has 2 nitrogen and oxygen atoms in total. The second-order valence-electron chi connectivity index (χ2n) is 3.43. The van der Waals surface area contributed by atoms with Gasteiger partial charge in [0.15, 0.2) is 6.21 Å². The van der Waals surface area contributed by atoms with Crippen molar-refractivity contribution in [1.29, 1.82) is 0 Å². The van der Waals surface area contributed by atoms with E-state index in [1.807, 2.05) is 6.07 Å². The summed E-state index contributed by atoms with van der Waals surface area (Å²) in [6, 6.07) is 14.1. The van der Waals surface area contributed by atoms with E-state index in [1.54, 1.807) is 42.5 Å². The summed E-state index contributed by atoms with van der Waals surface area (Å²) in [5.41, 5.74) is 1.14. The number of halogens is 2. The number of hydrogen-bond acceptors (Lipinski definition) is 1. The van der Waals surface area contributed by atoms with Gasteiger partial charge in [0.25, 0.3) is 0 Å². The van der Waals surface area contributed by atoms with Crippen LogP contribution in [-0.2, 0) is 0 Å². The van der Waals surface area contributed by atoms with Gasteiger partial charge >= 0.3 is 0 Å². The van der Waals surface area contributed by atoms with E-state index in [0.29, 0.717) is 21.3 Å². The van der Waals surface area contributed by atoms with Crippen molar-refractivity contribution in [3.05, 3.63) is 69.3 Å². The molecule has 2 aromatic carbocycles. The summed E-state index contributed by atoms with van der Waals surface area (Å²) in [7, 11) is 0. The third-order valence-corrected chi connectivity index (χ3v) is 3.08. The number of para-hydroxylation sites is 1. The first kappa shape index (κ1) is 12.0. The van der Waals surface area contributed by atoms with E-state index in [2.05, 4.69) is 0 Å². The Bertz CT molecular complexity index is 553. The highest BCUT2D eigenvalue weighted by Crippen LogP contribution is 2.24. The fourth-order valence-electron chi connectivity index (χ4n) is 1.40. The normalized spacial score (nSPS) is 11.5. The zero-order chi connectivity index (χ0) is 12.3. The third-order valence-electron chi connectivity index (χ3n) is 2.25. The van der Waals surface area contributed by atoms with Gasteiger partial charge in [0.2, 0.25) is 5.69 Å². The molecule has 0 aliphatic rings. The Morgan fingerprint density at radius 3 is 2.35 bits per heavy atom. The van der Waals surface area contributed by atoms with Crippen molar-refractivity contribution in [2.75, 3.05) is 0 Å². The Morgan fingerprint density at radius 2 is 1.65 bits per heavy atom. The highest BCUT2D eigenvalue weighted by Gasteiger charge is 2.06. The van der Waals surface area contributed by atoms with Crippen LogP contribution >= 0.6 is 23.2 Å². The maximum absolute atomic E-state index is 11.8. The number of rotatable bonds is 2. The molecule has 0 heterocycles. The average Bonchev–Trinajstić information content (AvgIpc) is 2.36. The van der Waals surface area contributed by atoms with Crippen molar-refractivity contribution >= 4 is 35.1 Å². The predicted octanol–water partition coefficient (Wildman–Crippen LogP) is 4.25. The minimum Gasteiger partial charge on any atom is -0.618 e. The van der Waals surface area contributed by atoms with Gasteiger partial charge in [-0.25, -0.2) is 0 Å². The topological polar surface area (TPSA) is 26.1 Å². The lowest BCUT2D eigenvalue weighted by Gasteiger charge is -2.04. The Balaban J connectivity index is 2.40. The van der Waals surface area contributed by atoms with Gasteiger partial charge in [-0.15, -0.1) is 0 Å². The molecule has 0 unspecified atom stereocenters. The summed E-state index contributed by atoms with van der Waals surface area (Å²) in [6.45, 7) is 0. The first-order chi connectivity index (χ1) is 8.18. The lowest BCUT2D eigenvalue weighted by Crippen LogP contribution is -1.99. The van der Waals surface area contributed by atoms with E-state index in [0.717, 1.165) is 4.74 Å². The van der Waals surface area contributed by atoms with Gasteiger partial charge < -0.3 is 5.21 Å². The van der Waals surface area contributed by atoms with Crippen molar-refractivity contribution < 1.29 is 4.74 Å². The van der Waals surface area contributed by atoms with Gasteiger partial charge in [-0.05, 0) is 12.1 Å². The molecule has 17 heavy (non-hydrogen) atoms. The van der Waals surface area contributed by atoms with Crippen LogP contribution in [0.1, 0.15) is 5.56 Å². The second kappa shape index (κ2) is 5.21. The molecule has 0 N–H and O–H groups in total. The van der Waals surface area contributed by atoms with Gasteiger partial charge in [-0.1, -0.05) is 47.5 Å². The molecule has 86 valence electrons. The van der Waals surface area contributed by atoms with Crippen LogP contribution in [0.4, 0.5) is 5.69 Å². The minimum atomic E-state index is 0.381. The average molecular weight is 266 g/mol. The summed E-state index contributed by atoms with van der Waals surface area (Å²) in [5.74, 6) is 0. The molecule has 0 spiro atoms. The van der Waals surface area contributed by atoms with E-state index in [1.165, 1.54) is 6.21 Å². The minimum absolute atomic E-state index is 0.381. The van der Waals surface area contributed by atoms with Crippen LogP contribution in [0.15, 0.2) is 48.5 Å². The zero-order valence-corrected chi connectivity index (χ0v) is 10.3. The van der Waals surface area contributed by atoms with Gasteiger partial charge in [-0.3, -0.25) is 0 Å². The van der Waals surface area contributed by atoms with Crippen LogP contribution in [0.3, 0.4) is 0 Å². The molecule has 2 rings (SSSR count). The van der Waals surface area contributed by atoms with Crippen LogP contribution in [0.25, 0.3) is 0 Å². The summed E-state index contributed by atoms with van der Waals surface area (Å²) in [4.78, 5) is 0. The molecule has 0 aliphatic heterocycles. The lowest BCUT2D eigenvalue weighted by atomic mass is 10.2. The van der Waals surface area contributed by atoms with Gasteiger partial charge in [0.05, 0.1) is 15.6 Å². The maximum atomic E-state index is 11.8. The molecule has 2 aromatic rings. The highest BCUT2D eigenvalue weighted by atomic mass is 35.5. The molecular formula is C13H9Cl2NO. The van der Waals surface area contributed by atoms with Crippen LogP contribution < -0.4 is 0 Å². The Morgan fingerprint density at radius 1 is 0.941 bits per heavy atom. The Kier molecular flexibility index (Phi) is 3.67. The molecule has 0 fully saturated rings. The van der Waals surface area contributed by atoms with Gasteiger partial charge in [0, 0.05) is 12.1 Å². The molecule has 0 aromatic heterocycles. The van der Waals surface area contributed by atoms with Crippen molar-refractivity contribution in [1.82, 2.24) is 0 Å². The number of nitrogens with zero attached hydrogens (tertiary/aromatic N) is 1. The molecule has 0 saturated carbocycles. The number of hydrogen-bond donors (Lipinski definition) is 0. The zero-order valence-electron chi connectivity index (χ0n) is 8.81. The Labute approximate surface area is 109 Å². The lowest BCUT2D eigenvalue weighted by molar-refractivity contribution is -0.354. The molecule has 0 aliphatic carbocycles. The van der Waals surface area contributed by atoms with E-state index in [-0.39, 0.29) is 0 Å². The molecule has 0 saturated heterocycles. The highest BCUT2D eigenvalue weighted by molar-refractivity contribution is 6.43. The van der Waals surface area contributed by atoms with E-state index < -0.39 is 0 Å². The third kappa shape index (κ3) is 2.78. The van der Waals surface area contributed by atoms with Crippen molar-refractivity contribution in [2.45, 2.75) is 0 Å². The molecule has 0 bridgehead atoms. The van der Waals surface area contributed by atoms with Crippen molar-refractivity contribution in [3.8, 4) is 0 Å². The monoisotopic (exact) mass is 265 g/mol. The first-order valence-corrected chi connectivity index (χ1v) is 5.74. The van der Waals surface area contributed by atoms with Crippen LogP contribution in [-0.4, -0.2) is 11.0 Å². The molecule has 0 amide bonds. The largest absolute Gasteiger partial charge is 0.618 e. The summed E-state index contributed by atoms with van der Waals surface area (Å²) >= 11 is 11.9. The van der Waals surface area contributed by atoms with Crippen LogP contribution in [0.5, 0.6) is 0 Å². The summed E-state index contributed by atoms with van der Waals surface area (Å²) in [5, 5.41) is 12.6. The summed E-state index contributed by atoms with van der Waals surface area (Å²) in [6.07, 6.45) is 1.41. The van der Waals surface area contributed by atoms with Crippen LogP contribution in [0, 0.1) is 5.21 Å². The van der Waals surface area contributed by atoms with E-state index in [9.17, 15) is 5.21 Å². The fourth-order valence-corrected chi connectivity index (χ4v) is 1.75. The number of benzene rings is 2.